The van der Waals surface area contributed by atoms with Crippen LogP contribution in [0.15, 0.2) is 46.1 Å². The molecule has 1 N–H and O–H groups in total. The van der Waals surface area contributed by atoms with Gasteiger partial charge >= 0.3 is 0 Å². The lowest BCUT2D eigenvalue weighted by atomic mass is 10.2. The van der Waals surface area contributed by atoms with Gasteiger partial charge in [-0.1, -0.05) is 6.08 Å². The summed E-state index contributed by atoms with van der Waals surface area (Å²) < 4.78 is 0. The first kappa shape index (κ1) is 14.5. The number of hydrogen-bond donors (Lipinski definition) is 1. The fourth-order valence-electron chi connectivity index (χ4n) is 1.45. The Morgan fingerprint density at radius 2 is 2.00 bits per heavy atom. The third-order valence-electron chi connectivity index (χ3n) is 2.53. The molecule has 0 unspecified atom stereocenters. The maximum Gasteiger partial charge on any atom is 0.216 e. The summed E-state index contributed by atoms with van der Waals surface area (Å²) in [6.07, 6.45) is 6.85. The first-order chi connectivity index (χ1) is 8.60. The SMILES string of the molecule is CCN(CC)C(=S)N=N/C(C)=C1\C=CC=CN1O. The van der Waals surface area contributed by atoms with Crippen LogP contribution >= 0.6 is 12.2 Å². The fraction of sp³-hybridized carbons (Fsp3) is 0.417. The van der Waals surface area contributed by atoms with Crippen molar-refractivity contribution in [3.63, 3.8) is 0 Å². The van der Waals surface area contributed by atoms with Crippen LogP contribution in [-0.2, 0) is 0 Å². The number of allylic oxidation sites excluding steroid dienone is 4. The van der Waals surface area contributed by atoms with E-state index in [-0.39, 0.29) is 0 Å². The normalized spacial score (nSPS) is 17.4. The van der Waals surface area contributed by atoms with E-state index in [2.05, 4.69) is 10.2 Å². The van der Waals surface area contributed by atoms with E-state index < -0.39 is 0 Å². The Labute approximate surface area is 113 Å². The molecular formula is C12H18N4OS. The van der Waals surface area contributed by atoms with Crippen molar-refractivity contribution in [2.45, 2.75) is 20.8 Å². The summed E-state index contributed by atoms with van der Waals surface area (Å²) in [5.74, 6) is 0. The Morgan fingerprint density at radius 1 is 1.33 bits per heavy atom. The van der Waals surface area contributed by atoms with Crippen LogP contribution in [0.4, 0.5) is 0 Å². The van der Waals surface area contributed by atoms with E-state index in [1.54, 1.807) is 19.1 Å². The monoisotopic (exact) mass is 266 g/mol. The topological polar surface area (TPSA) is 51.4 Å². The molecule has 0 amide bonds. The quantitative estimate of drug-likeness (QED) is 0.630. The summed E-state index contributed by atoms with van der Waals surface area (Å²) >= 11 is 5.16. The van der Waals surface area contributed by atoms with Gasteiger partial charge in [0, 0.05) is 19.3 Å². The van der Waals surface area contributed by atoms with Gasteiger partial charge in [-0.3, -0.25) is 5.21 Å². The second kappa shape index (κ2) is 7.03. The minimum absolute atomic E-state index is 0.458. The summed E-state index contributed by atoms with van der Waals surface area (Å²) in [6.45, 7) is 7.41. The minimum Gasteiger partial charge on any atom is -0.347 e. The number of nitrogens with zero attached hydrogens (tertiary/aromatic N) is 4. The summed E-state index contributed by atoms with van der Waals surface area (Å²) in [5.41, 5.74) is 1.19. The number of hydrogen-bond acceptors (Lipinski definition) is 4. The van der Waals surface area contributed by atoms with Crippen molar-refractivity contribution in [1.82, 2.24) is 9.96 Å². The van der Waals surface area contributed by atoms with E-state index in [0.717, 1.165) is 18.2 Å². The predicted octanol–water partition coefficient (Wildman–Crippen LogP) is 3.07. The summed E-state index contributed by atoms with van der Waals surface area (Å²) in [6, 6.07) is 0. The van der Waals surface area contributed by atoms with Crippen LogP contribution in [0.1, 0.15) is 20.8 Å². The fourth-order valence-corrected chi connectivity index (χ4v) is 1.75. The van der Waals surface area contributed by atoms with Crippen molar-refractivity contribution in [3.8, 4) is 0 Å². The van der Waals surface area contributed by atoms with Gasteiger partial charge in [0.2, 0.25) is 5.11 Å². The third kappa shape index (κ3) is 3.75. The number of thiocarbonyl (C=S) groups is 1. The highest BCUT2D eigenvalue weighted by molar-refractivity contribution is 7.80. The van der Waals surface area contributed by atoms with Gasteiger partial charge in [0.25, 0.3) is 0 Å². The van der Waals surface area contributed by atoms with E-state index in [1.807, 2.05) is 24.8 Å². The van der Waals surface area contributed by atoms with Gasteiger partial charge in [0.05, 0.1) is 11.4 Å². The molecule has 18 heavy (non-hydrogen) atoms. The molecule has 0 saturated heterocycles. The molecule has 0 atom stereocenters. The summed E-state index contributed by atoms with van der Waals surface area (Å²) in [7, 11) is 0. The molecule has 0 fully saturated rings. The zero-order chi connectivity index (χ0) is 13.5. The molecule has 6 heteroatoms. The van der Waals surface area contributed by atoms with Crippen molar-refractivity contribution in [3.05, 3.63) is 35.8 Å². The van der Waals surface area contributed by atoms with Gasteiger partial charge in [0.15, 0.2) is 0 Å². The van der Waals surface area contributed by atoms with Crippen molar-refractivity contribution < 1.29 is 5.21 Å². The maximum atomic E-state index is 9.60. The average Bonchev–Trinajstić information content (AvgIpc) is 2.38. The lowest BCUT2D eigenvalue weighted by Crippen LogP contribution is -2.27. The summed E-state index contributed by atoms with van der Waals surface area (Å²) in [4.78, 5) is 1.93. The number of rotatable bonds is 3. The van der Waals surface area contributed by atoms with E-state index in [1.165, 1.54) is 6.20 Å². The molecule has 0 aromatic carbocycles. The second-order valence-corrected chi connectivity index (χ2v) is 4.04. The highest BCUT2D eigenvalue weighted by Gasteiger charge is 2.08. The molecule has 0 bridgehead atoms. The number of hydroxylamine groups is 2. The third-order valence-corrected chi connectivity index (χ3v) is 2.87. The van der Waals surface area contributed by atoms with Crippen LogP contribution in [0.25, 0.3) is 0 Å². The van der Waals surface area contributed by atoms with Crippen LogP contribution < -0.4 is 0 Å². The molecule has 1 heterocycles. The van der Waals surface area contributed by atoms with E-state index in [4.69, 9.17) is 12.2 Å². The van der Waals surface area contributed by atoms with Crippen LogP contribution in [0.5, 0.6) is 0 Å². The van der Waals surface area contributed by atoms with Crippen LogP contribution in [0.3, 0.4) is 0 Å². The van der Waals surface area contributed by atoms with E-state index in [9.17, 15) is 5.21 Å². The lowest BCUT2D eigenvalue weighted by Gasteiger charge is -2.18. The molecule has 1 aliphatic heterocycles. The summed E-state index contributed by atoms with van der Waals surface area (Å²) in [5, 5.41) is 19.1. The van der Waals surface area contributed by atoms with Crippen LogP contribution in [-0.4, -0.2) is 33.4 Å². The van der Waals surface area contributed by atoms with Crippen LogP contribution in [0, 0.1) is 0 Å². The lowest BCUT2D eigenvalue weighted by molar-refractivity contribution is -0.00149. The first-order valence-electron chi connectivity index (χ1n) is 5.84. The minimum atomic E-state index is 0.458. The van der Waals surface area contributed by atoms with Crippen molar-refractivity contribution >= 4 is 17.3 Å². The highest BCUT2D eigenvalue weighted by Crippen LogP contribution is 2.15. The Kier molecular flexibility index (Phi) is 5.67. The van der Waals surface area contributed by atoms with Gasteiger partial charge < -0.3 is 4.90 Å². The molecule has 0 saturated carbocycles. The Balaban J connectivity index is 2.78. The molecule has 5 nitrogen and oxygen atoms in total. The zero-order valence-electron chi connectivity index (χ0n) is 10.9. The van der Waals surface area contributed by atoms with Gasteiger partial charge in [-0.2, -0.15) is 5.11 Å². The highest BCUT2D eigenvalue weighted by atomic mass is 32.1. The largest absolute Gasteiger partial charge is 0.347 e. The molecule has 0 aliphatic carbocycles. The average molecular weight is 266 g/mol. The molecular weight excluding hydrogens is 248 g/mol. The van der Waals surface area contributed by atoms with E-state index >= 15 is 0 Å². The zero-order valence-corrected chi connectivity index (χ0v) is 11.7. The Bertz CT molecular complexity index is 422. The van der Waals surface area contributed by atoms with Gasteiger partial charge in [-0.05, 0) is 45.1 Å². The molecule has 0 spiro atoms. The van der Waals surface area contributed by atoms with Crippen LogP contribution in [0.2, 0.25) is 0 Å². The number of azo groups is 1. The molecule has 0 aromatic rings. The van der Waals surface area contributed by atoms with E-state index in [0.29, 0.717) is 16.5 Å². The van der Waals surface area contributed by atoms with Gasteiger partial charge in [0.1, 0.15) is 0 Å². The van der Waals surface area contributed by atoms with Crippen molar-refractivity contribution in [2.24, 2.45) is 10.2 Å². The second-order valence-electron chi connectivity index (χ2n) is 3.67. The molecule has 0 radical (unpaired) electrons. The van der Waals surface area contributed by atoms with Crippen molar-refractivity contribution in [1.29, 1.82) is 0 Å². The first-order valence-corrected chi connectivity index (χ1v) is 6.25. The molecule has 1 aliphatic rings. The van der Waals surface area contributed by atoms with Crippen molar-refractivity contribution in [2.75, 3.05) is 13.1 Å². The smallest absolute Gasteiger partial charge is 0.216 e. The van der Waals surface area contributed by atoms with Gasteiger partial charge in [-0.15, -0.1) is 5.11 Å². The van der Waals surface area contributed by atoms with Gasteiger partial charge in [-0.25, -0.2) is 5.06 Å². The predicted molar refractivity (Wildman–Crippen MR) is 75.0 cm³/mol. The standard InChI is InChI=1S/C12H18N4OS/c1-4-15(5-2)12(18)14-13-10(3)11-8-6-7-9-16(11)17/h6-9,17H,4-5H2,1-3H3/b11-10+,14-13?. The Hall–Kier alpha value is -1.53. The molecule has 98 valence electrons. The molecule has 0 aromatic heterocycles. The Morgan fingerprint density at radius 3 is 2.56 bits per heavy atom. The maximum absolute atomic E-state index is 9.60. The molecule has 1 rings (SSSR count).